The van der Waals surface area contributed by atoms with E-state index in [4.69, 9.17) is 33.2 Å². The lowest BCUT2D eigenvalue weighted by Crippen LogP contribution is -2.69. The van der Waals surface area contributed by atoms with E-state index in [0.717, 1.165) is 16.7 Å². The minimum Gasteiger partial charge on any atom is -0.507 e. The molecular formula is C52H55N5O11S2. The molecule has 2 saturated heterocycles. The number of thioether (sulfide) groups is 2. The molecule has 3 N–H and O–H groups in total. The Kier molecular flexibility index (Phi) is 13.3. The maximum absolute atomic E-state index is 14.6. The van der Waals surface area contributed by atoms with Gasteiger partial charge < -0.3 is 48.9 Å². The third kappa shape index (κ3) is 7.95. The largest absolute Gasteiger partial charge is 0.507 e. The van der Waals surface area contributed by atoms with Gasteiger partial charge in [-0.05, 0) is 60.7 Å². The number of likely N-dealkylation sites (N-methyl/N-ethyl adjacent to an activating group) is 1. The number of aryl methyl sites for hydroxylation is 1. The van der Waals surface area contributed by atoms with Crippen molar-refractivity contribution < 1.29 is 52.6 Å². The van der Waals surface area contributed by atoms with E-state index in [-0.39, 0.29) is 56.0 Å². The van der Waals surface area contributed by atoms with Gasteiger partial charge in [-0.25, -0.2) is 9.59 Å². The Morgan fingerprint density at radius 1 is 1.04 bits per heavy atom. The van der Waals surface area contributed by atoms with Gasteiger partial charge in [0.2, 0.25) is 12.7 Å². The molecule has 2 fully saturated rings. The summed E-state index contributed by atoms with van der Waals surface area (Å²) in [6.07, 6.45) is 1.14. The predicted molar refractivity (Wildman–Crippen MR) is 263 cm³/mol. The second-order valence-corrected chi connectivity index (χ2v) is 20.5. The summed E-state index contributed by atoms with van der Waals surface area (Å²) in [5, 5.41) is 28.7. The molecule has 2 amide bonds. The number of phenolic OH excluding ortho intramolecular Hbond substituents is 1. The van der Waals surface area contributed by atoms with Crippen molar-refractivity contribution in [3.8, 4) is 45.9 Å². The average molecular weight is 990 g/mol. The van der Waals surface area contributed by atoms with E-state index >= 15 is 0 Å². The Hall–Kier alpha value is -6.10. The molecule has 6 aliphatic heterocycles. The molecule has 18 heteroatoms. The number of amides is 2. The molecule has 7 aliphatic rings. The van der Waals surface area contributed by atoms with Crippen LogP contribution in [-0.4, -0.2) is 128 Å². The van der Waals surface area contributed by atoms with Crippen LogP contribution in [-0.2, 0) is 30.2 Å². The van der Waals surface area contributed by atoms with Crippen molar-refractivity contribution in [2.24, 2.45) is 0 Å². The minimum atomic E-state index is -1.19. The number of phenols is 1. The first-order valence-electron chi connectivity index (χ1n) is 23.3. The van der Waals surface area contributed by atoms with Crippen LogP contribution in [0.3, 0.4) is 0 Å². The number of carbonyl (C=O) groups excluding carboxylic acids is 3. The number of rotatable bonds is 13. The Balaban J connectivity index is 1.01. The topological polar surface area (TPSA) is 190 Å². The number of benzene rings is 4. The maximum Gasteiger partial charge on any atom is 0.408 e. The zero-order chi connectivity index (χ0) is 49.0. The summed E-state index contributed by atoms with van der Waals surface area (Å²) in [5.74, 6) is 1.46. The van der Waals surface area contributed by atoms with Gasteiger partial charge in [-0.3, -0.25) is 14.6 Å². The maximum atomic E-state index is 14.6. The summed E-state index contributed by atoms with van der Waals surface area (Å²) in [6, 6.07) is 16.2. The van der Waals surface area contributed by atoms with Gasteiger partial charge in [0.25, 0.3) is 0 Å². The monoisotopic (exact) mass is 989 g/mol. The highest BCUT2D eigenvalue weighted by Crippen LogP contribution is 2.64. The minimum absolute atomic E-state index is 0.00683. The molecule has 6 heterocycles. The van der Waals surface area contributed by atoms with Gasteiger partial charge >= 0.3 is 12.1 Å². The van der Waals surface area contributed by atoms with Crippen molar-refractivity contribution in [2.75, 3.05) is 65.3 Å². The van der Waals surface area contributed by atoms with Gasteiger partial charge in [0, 0.05) is 64.6 Å². The number of piperazine rings is 1. The lowest BCUT2D eigenvalue weighted by atomic mass is 9.71. The number of ether oxygens (including phenoxy) is 7. The van der Waals surface area contributed by atoms with E-state index in [9.17, 15) is 24.8 Å². The SMILES string of the molecule is C=CCOC(=O)NC(CSCC1c2ccccc2-c2ccccc21)C(=O)N[C@H]1CSC2c3c(O)c(C)c4c(c3[C@H](COC1=O)N1C2[C@H]2c3c(cc(C)c(OC)c3OCOC)C[C@@H]([C@@H]1C#N)N2C)OCO4. The molecule has 16 nitrogen and oxygen atoms in total. The predicted octanol–water partition coefficient (Wildman–Crippen LogP) is 6.60. The Labute approximate surface area is 414 Å². The van der Waals surface area contributed by atoms with E-state index in [1.807, 2.05) is 38.2 Å². The van der Waals surface area contributed by atoms with Crippen LogP contribution in [0, 0.1) is 25.2 Å². The quantitative estimate of drug-likeness (QED) is 0.0737. The third-order valence-electron chi connectivity index (χ3n) is 14.5. The fraction of sp³-hybridized carbons (Fsp3) is 0.423. The van der Waals surface area contributed by atoms with Gasteiger partial charge in [-0.1, -0.05) is 67.3 Å². The molecule has 4 aromatic carbocycles. The molecule has 1 aliphatic carbocycles. The molecule has 0 aromatic heterocycles. The summed E-state index contributed by atoms with van der Waals surface area (Å²) >= 11 is 2.87. The number of hydrogen-bond acceptors (Lipinski definition) is 16. The first-order chi connectivity index (χ1) is 34.0. The highest BCUT2D eigenvalue weighted by atomic mass is 32.2. The second kappa shape index (κ2) is 19.6. The molecule has 366 valence electrons. The molecule has 4 aromatic rings. The van der Waals surface area contributed by atoms with Gasteiger partial charge in [0.15, 0.2) is 29.8 Å². The molecule has 0 saturated carbocycles. The molecule has 3 unspecified atom stereocenters. The van der Waals surface area contributed by atoms with E-state index < -0.39 is 59.5 Å². The number of nitriles is 1. The van der Waals surface area contributed by atoms with Crippen molar-refractivity contribution in [3.05, 3.63) is 112 Å². The molecular weight excluding hydrogens is 935 g/mol. The van der Waals surface area contributed by atoms with Crippen molar-refractivity contribution in [2.45, 2.75) is 73.7 Å². The normalized spacial score (nSPS) is 24.3. The smallest absolute Gasteiger partial charge is 0.408 e. The van der Waals surface area contributed by atoms with Gasteiger partial charge in [0.05, 0.1) is 30.5 Å². The van der Waals surface area contributed by atoms with Crippen molar-refractivity contribution in [3.63, 3.8) is 0 Å². The highest BCUT2D eigenvalue weighted by molar-refractivity contribution is 7.99. The van der Waals surface area contributed by atoms with Crippen LogP contribution in [0.2, 0.25) is 0 Å². The molecule has 11 rings (SSSR count). The summed E-state index contributed by atoms with van der Waals surface area (Å²) in [4.78, 5) is 46.5. The van der Waals surface area contributed by atoms with Crippen LogP contribution in [0.15, 0.2) is 67.3 Å². The Morgan fingerprint density at radius 3 is 2.47 bits per heavy atom. The molecule has 4 bridgehead atoms. The molecule has 0 radical (unpaired) electrons. The zero-order valence-electron chi connectivity index (χ0n) is 39.5. The number of fused-ring (bicyclic) bond motifs is 13. The third-order valence-corrected chi connectivity index (χ3v) is 17.1. The Bertz CT molecular complexity index is 2760. The number of esters is 1. The second-order valence-electron chi connectivity index (χ2n) is 18.2. The van der Waals surface area contributed by atoms with Crippen LogP contribution in [0.25, 0.3) is 11.1 Å². The number of hydrogen-bond donors (Lipinski definition) is 3. The number of methoxy groups -OCH3 is 2. The standard InChI is InChI=1S/C52H55N5O11S2/c1-7-16-64-52(61)55-34(22-69-21-33-31-14-10-8-12-29(31)30-13-9-11-15-32(30)33)50(59)54-35-23-70-49-41-40(48-46(67-25-68-48)27(3)44(41)58)38(20-65-51(35)60)57-37(19-53)36-18-28-17-26(2)45(63-6)47(66-24-62-5)39(28)42(43(49)57)56(36)4/h7-15,17,33-38,42-43,49,58H,1,16,18,20-25H2,2-6H3,(H,54,59)(H,55,61)/t34?,35-,36-,37-,38-,42+,43?,49?/m0/s1. The first-order valence-corrected chi connectivity index (χ1v) is 25.5. The lowest BCUT2D eigenvalue weighted by molar-refractivity contribution is -0.152. The summed E-state index contributed by atoms with van der Waals surface area (Å²) in [6.45, 7) is 6.93. The summed E-state index contributed by atoms with van der Waals surface area (Å²) in [7, 11) is 5.16. The van der Waals surface area contributed by atoms with Crippen LogP contribution in [0.5, 0.6) is 28.7 Å². The highest BCUT2D eigenvalue weighted by Gasteiger charge is 2.61. The van der Waals surface area contributed by atoms with E-state index in [1.165, 1.54) is 51.9 Å². The van der Waals surface area contributed by atoms with E-state index in [2.05, 4.69) is 63.4 Å². The summed E-state index contributed by atoms with van der Waals surface area (Å²) in [5.41, 5.74) is 9.14. The average Bonchev–Trinajstić information content (AvgIpc) is 3.98. The lowest BCUT2D eigenvalue weighted by Gasteiger charge is -2.61. The van der Waals surface area contributed by atoms with Crippen LogP contribution < -0.4 is 29.6 Å². The fourth-order valence-electron chi connectivity index (χ4n) is 11.6. The van der Waals surface area contributed by atoms with E-state index in [1.54, 1.807) is 21.1 Å². The van der Waals surface area contributed by atoms with Gasteiger partial charge in [0.1, 0.15) is 37.1 Å². The van der Waals surface area contributed by atoms with Crippen molar-refractivity contribution in [1.29, 1.82) is 5.26 Å². The number of aromatic hydroxyl groups is 1. The van der Waals surface area contributed by atoms with Crippen LogP contribution in [0.1, 0.15) is 67.8 Å². The van der Waals surface area contributed by atoms with Crippen LogP contribution >= 0.6 is 23.5 Å². The Morgan fingerprint density at radius 2 is 1.77 bits per heavy atom. The summed E-state index contributed by atoms with van der Waals surface area (Å²) < 4.78 is 41.5. The van der Waals surface area contributed by atoms with Crippen molar-refractivity contribution in [1.82, 2.24) is 20.4 Å². The molecule has 70 heavy (non-hydrogen) atoms. The molecule has 0 spiro atoms. The zero-order valence-corrected chi connectivity index (χ0v) is 41.2. The fourth-order valence-corrected chi connectivity index (χ4v) is 14.3. The number of nitrogens with one attached hydrogen (secondary N) is 2. The number of alkyl carbamates (subject to hydrolysis) is 1. The number of carbonyl (C=O) groups is 3. The van der Waals surface area contributed by atoms with Crippen molar-refractivity contribution >= 4 is 41.5 Å². The molecule has 8 atom stereocenters. The number of nitrogens with zero attached hydrogens (tertiary/aromatic N) is 3. The van der Waals surface area contributed by atoms with Gasteiger partial charge in [-0.15, -0.1) is 11.8 Å². The first kappa shape index (κ1) is 47.6. The van der Waals surface area contributed by atoms with E-state index in [0.29, 0.717) is 51.9 Å². The van der Waals surface area contributed by atoms with Gasteiger partial charge in [-0.2, -0.15) is 17.0 Å². The van der Waals surface area contributed by atoms with Crippen LogP contribution in [0.4, 0.5) is 4.79 Å².